The van der Waals surface area contributed by atoms with Crippen LogP contribution in [-0.2, 0) is 15.1 Å². The molecule has 4 aromatic rings. The van der Waals surface area contributed by atoms with E-state index in [2.05, 4.69) is 4.98 Å². The van der Waals surface area contributed by atoms with Gasteiger partial charge in [-0.1, -0.05) is 72.8 Å². The Labute approximate surface area is 218 Å². The first-order chi connectivity index (χ1) is 18.4. The van der Waals surface area contributed by atoms with Crippen molar-refractivity contribution in [1.82, 2.24) is 9.55 Å². The molecule has 1 aromatic heterocycles. The third kappa shape index (κ3) is 4.68. The van der Waals surface area contributed by atoms with Gasteiger partial charge in [-0.15, -0.1) is 0 Å². The molecule has 0 unspecified atom stereocenters. The Bertz CT molecular complexity index is 1430. The average molecular weight is 517 g/mol. The van der Waals surface area contributed by atoms with Gasteiger partial charge in [-0.05, 0) is 28.8 Å². The van der Waals surface area contributed by atoms with Crippen molar-refractivity contribution >= 4 is 0 Å². The van der Waals surface area contributed by atoms with Crippen molar-refractivity contribution in [2.24, 2.45) is 0 Å². The van der Waals surface area contributed by atoms with Gasteiger partial charge in [-0.25, -0.2) is 4.79 Å². The van der Waals surface area contributed by atoms with Gasteiger partial charge >= 0.3 is 5.69 Å². The Hall–Kier alpha value is -4.02. The zero-order chi connectivity index (χ0) is 26.7. The van der Waals surface area contributed by atoms with Gasteiger partial charge < -0.3 is 24.4 Å². The number of hydrogen-bond acceptors (Lipinski definition) is 7. The van der Waals surface area contributed by atoms with Crippen LogP contribution in [0.15, 0.2) is 107 Å². The topological polar surface area (TPSA) is 123 Å². The number of H-pyrrole nitrogens is 1. The number of nitrogens with one attached hydrogen (secondary N) is 1. The van der Waals surface area contributed by atoms with E-state index in [-0.39, 0.29) is 6.61 Å². The minimum Gasteiger partial charge on any atom is -0.497 e. The molecule has 0 amide bonds. The van der Waals surface area contributed by atoms with Crippen LogP contribution < -0.4 is 16.0 Å². The van der Waals surface area contributed by atoms with Crippen LogP contribution in [0.25, 0.3) is 0 Å². The lowest BCUT2D eigenvalue weighted by Gasteiger charge is -2.37. The number of aliphatic hydroxyl groups excluding tert-OH is 2. The van der Waals surface area contributed by atoms with Gasteiger partial charge in [0, 0.05) is 12.3 Å². The van der Waals surface area contributed by atoms with E-state index in [9.17, 15) is 19.8 Å². The molecule has 1 aliphatic rings. The molecule has 5 rings (SSSR count). The van der Waals surface area contributed by atoms with Gasteiger partial charge in [0.2, 0.25) is 0 Å². The monoisotopic (exact) mass is 516 g/mol. The van der Waals surface area contributed by atoms with Gasteiger partial charge in [0.1, 0.15) is 29.7 Å². The number of benzene rings is 3. The van der Waals surface area contributed by atoms with Crippen molar-refractivity contribution in [3.05, 3.63) is 135 Å². The Kier molecular flexibility index (Phi) is 7.26. The van der Waals surface area contributed by atoms with Crippen molar-refractivity contribution in [3.8, 4) is 5.75 Å². The maximum absolute atomic E-state index is 12.3. The molecule has 0 aliphatic carbocycles. The summed E-state index contributed by atoms with van der Waals surface area (Å²) in [7, 11) is 1.60. The fraction of sp³-hybridized carbons (Fsp3) is 0.241. The van der Waals surface area contributed by atoms with Gasteiger partial charge in [-0.3, -0.25) is 14.3 Å². The number of methoxy groups -OCH3 is 1. The summed E-state index contributed by atoms with van der Waals surface area (Å²) < 4.78 is 19.0. The van der Waals surface area contributed by atoms with Crippen molar-refractivity contribution < 1.29 is 24.4 Å². The maximum Gasteiger partial charge on any atom is 0.330 e. The van der Waals surface area contributed by atoms with Crippen LogP contribution in [0.2, 0.25) is 0 Å². The molecule has 3 N–H and O–H groups in total. The highest BCUT2D eigenvalue weighted by Crippen LogP contribution is 2.42. The molecule has 0 saturated carbocycles. The predicted octanol–water partition coefficient (Wildman–Crippen LogP) is 2.17. The van der Waals surface area contributed by atoms with Crippen molar-refractivity contribution in [1.29, 1.82) is 0 Å². The first-order valence-corrected chi connectivity index (χ1v) is 12.2. The first kappa shape index (κ1) is 25.6. The largest absolute Gasteiger partial charge is 0.497 e. The quantitative estimate of drug-likeness (QED) is 0.307. The lowest BCUT2D eigenvalue weighted by Crippen LogP contribution is -2.40. The Balaban J connectivity index is 1.54. The maximum atomic E-state index is 12.3. The second-order valence-corrected chi connectivity index (χ2v) is 9.02. The van der Waals surface area contributed by atoms with E-state index in [1.165, 1.54) is 6.20 Å². The molecule has 196 valence electrons. The molecule has 1 aliphatic heterocycles. The third-order valence-electron chi connectivity index (χ3n) is 6.78. The Morgan fingerprint density at radius 1 is 0.842 bits per heavy atom. The molecular formula is C29H28N2O7. The molecule has 9 nitrogen and oxygen atoms in total. The summed E-state index contributed by atoms with van der Waals surface area (Å²) in [5.41, 5.74) is 0.0776. The van der Waals surface area contributed by atoms with Crippen LogP contribution in [0.1, 0.15) is 22.9 Å². The van der Waals surface area contributed by atoms with E-state index < -0.39 is 41.4 Å². The lowest BCUT2D eigenvalue weighted by molar-refractivity contribution is -0.0958. The number of rotatable bonds is 8. The van der Waals surface area contributed by atoms with Crippen LogP contribution in [0.3, 0.4) is 0 Å². The summed E-state index contributed by atoms with van der Waals surface area (Å²) in [5, 5.41) is 21.6. The third-order valence-corrected chi connectivity index (χ3v) is 6.78. The molecule has 0 radical (unpaired) electrons. The van der Waals surface area contributed by atoms with Gasteiger partial charge in [0.05, 0.1) is 13.7 Å². The zero-order valence-electron chi connectivity index (χ0n) is 20.6. The number of hydrogen-bond donors (Lipinski definition) is 3. The number of aromatic amines is 1. The molecule has 1 saturated heterocycles. The molecule has 0 bridgehead atoms. The highest BCUT2D eigenvalue weighted by molar-refractivity contribution is 5.48. The van der Waals surface area contributed by atoms with Gasteiger partial charge in [0.15, 0.2) is 6.23 Å². The molecule has 38 heavy (non-hydrogen) atoms. The van der Waals surface area contributed by atoms with Gasteiger partial charge in [0.25, 0.3) is 5.56 Å². The fourth-order valence-corrected chi connectivity index (χ4v) is 4.85. The molecule has 4 atom stereocenters. The average Bonchev–Trinajstić information content (AvgIpc) is 3.23. The van der Waals surface area contributed by atoms with Crippen molar-refractivity contribution in [2.75, 3.05) is 13.7 Å². The SMILES string of the molecule is COc1ccc(C(OC[C@H]2O[C@@H](n3ccc(=O)[nH]c3=O)[C@@H](O)[C@@H]2O)(c2ccccc2)c2ccccc2)cc1. The number of ether oxygens (including phenoxy) is 3. The van der Waals surface area contributed by atoms with E-state index in [4.69, 9.17) is 14.2 Å². The minimum absolute atomic E-state index is 0.122. The Morgan fingerprint density at radius 2 is 1.42 bits per heavy atom. The summed E-state index contributed by atoms with van der Waals surface area (Å²) in [6.45, 7) is -0.122. The van der Waals surface area contributed by atoms with Crippen LogP contribution in [-0.4, -0.2) is 51.8 Å². The number of aromatic nitrogens is 2. The van der Waals surface area contributed by atoms with Crippen molar-refractivity contribution in [3.63, 3.8) is 0 Å². The predicted molar refractivity (Wildman–Crippen MR) is 139 cm³/mol. The smallest absolute Gasteiger partial charge is 0.330 e. The molecule has 1 fully saturated rings. The summed E-state index contributed by atoms with van der Waals surface area (Å²) in [6, 6.07) is 28.0. The molecule has 0 spiro atoms. The van der Waals surface area contributed by atoms with Crippen LogP contribution in [0.5, 0.6) is 5.75 Å². The molecule has 3 aromatic carbocycles. The minimum atomic E-state index is -1.42. The highest BCUT2D eigenvalue weighted by Gasteiger charge is 2.46. The second kappa shape index (κ2) is 10.8. The first-order valence-electron chi connectivity index (χ1n) is 12.2. The summed E-state index contributed by atoms with van der Waals surface area (Å²) in [5.74, 6) is 0.690. The Morgan fingerprint density at radius 3 is 1.97 bits per heavy atom. The van der Waals surface area contributed by atoms with E-state index in [1.54, 1.807) is 7.11 Å². The highest BCUT2D eigenvalue weighted by atomic mass is 16.6. The summed E-state index contributed by atoms with van der Waals surface area (Å²) in [4.78, 5) is 25.9. The zero-order valence-corrected chi connectivity index (χ0v) is 20.6. The normalized spacial score (nSPS) is 21.3. The molecule has 2 heterocycles. The standard InChI is InChI=1S/C29H28N2O7/c1-36-22-14-12-21(13-15-22)29(19-8-4-2-5-9-19,20-10-6-3-7-11-20)37-18-23-25(33)26(34)27(38-23)31-17-16-24(32)30-28(31)35/h2-17,23,25-27,33-34H,18H2,1H3,(H,30,32,35)/t23-,25-,26+,27-/m1/s1. The fourth-order valence-electron chi connectivity index (χ4n) is 4.85. The van der Waals surface area contributed by atoms with E-state index in [0.29, 0.717) is 5.75 Å². The summed E-state index contributed by atoms with van der Waals surface area (Å²) >= 11 is 0. The number of nitrogens with zero attached hydrogens (tertiary/aromatic N) is 1. The van der Waals surface area contributed by atoms with Crippen LogP contribution in [0.4, 0.5) is 0 Å². The lowest BCUT2D eigenvalue weighted by atomic mass is 9.80. The summed E-state index contributed by atoms with van der Waals surface area (Å²) in [6.07, 6.45) is -3.72. The van der Waals surface area contributed by atoms with Gasteiger partial charge in [-0.2, -0.15) is 0 Å². The molecular weight excluding hydrogens is 488 g/mol. The van der Waals surface area contributed by atoms with E-state index in [0.717, 1.165) is 27.3 Å². The number of aliphatic hydroxyl groups is 2. The van der Waals surface area contributed by atoms with Crippen LogP contribution >= 0.6 is 0 Å². The van der Waals surface area contributed by atoms with E-state index in [1.807, 2.05) is 84.9 Å². The second-order valence-electron chi connectivity index (χ2n) is 9.02. The molecule has 9 heteroatoms. The van der Waals surface area contributed by atoms with Crippen LogP contribution in [0, 0.1) is 0 Å². The van der Waals surface area contributed by atoms with E-state index >= 15 is 0 Å². The van der Waals surface area contributed by atoms with Crippen molar-refractivity contribution in [2.45, 2.75) is 30.1 Å².